The Kier molecular flexibility index (Phi) is 7.23. The van der Waals surface area contributed by atoms with Crippen molar-refractivity contribution >= 4 is 5.91 Å². The van der Waals surface area contributed by atoms with Crippen LogP contribution in [0.2, 0.25) is 0 Å². The molecule has 0 atom stereocenters. The lowest BCUT2D eigenvalue weighted by Gasteiger charge is -2.34. The van der Waals surface area contributed by atoms with Gasteiger partial charge in [-0.1, -0.05) is 38.0 Å². The Balaban J connectivity index is 1.59. The van der Waals surface area contributed by atoms with Crippen molar-refractivity contribution in [1.82, 2.24) is 9.80 Å². The number of nitrogens with zero attached hydrogens (tertiary/aromatic N) is 2. The fourth-order valence-electron chi connectivity index (χ4n) is 2.71. The number of piperazine rings is 1. The summed E-state index contributed by atoms with van der Waals surface area (Å²) in [5.41, 5.74) is 0. The lowest BCUT2D eigenvalue weighted by molar-refractivity contribution is -0.133. The fourth-order valence-corrected chi connectivity index (χ4v) is 2.71. The molecule has 122 valence electrons. The van der Waals surface area contributed by atoms with Crippen LogP contribution in [0.5, 0.6) is 5.75 Å². The first-order chi connectivity index (χ1) is 10.8. The van der Waals surface area contributed by atoms with Gasteiger partial charge in [0, 0.05) is 39.1 Å². The van der Waals surface area contributed by atoms with Crippen molar-refractivity contribution in [3.63, 3.8) is 0 Å². The molecule has 0 saturated carbocycles. The minimum absolute atomic E-state index is 0.327. The number of ether oxygens (including phenoxy) is 1. The van der Waals surface area contributed by atoms with Crippen molar-refractivity contribution in [1.29, 1.82) is 0 Å². The molecule has 1 aromatic carbocycles. The Bertz CT molecular complexity index is 428. The maximum Gasteiger partial charge on any atom is 0.222 e. The van der Waals surface area contributed by atoms with Crippen LogP contribution in [0.15, 0.2) is 30.3 Å². The van der Waals surface area contributed by atoms with Crippen molar-refractivity contribution in [3.05, 3.63) is 30.3 Å². The monoisotopic (exact) mass is 304 g/mol. The standard InChI is InChI=1S/C18H28N2O2/c1-2-3-5-10-18(21)20-13-11-19(12-14-20)15-16-22-17-8-6-4-7-9-17/h4,6-9H,2-3,5,10-16H2,1H3. The highest BCUT2D eigenvalue weighted by atomic mass is 16.5. The molecule has 0 N–H and O–H groups in total. The van der Waals surface area contributed by atoms with Crippen LogP contribution in [-0.2, 0) is 4.79 Å². The maximum atomic E-state index is 12.1. The molecule has 0 radical (unpaired) electrons. The number of carbonyl (C=O) groups is 1. The van der Waals surface area contributed by atoms with Crippen LogP contribution in [0.3, 0.4) is 0 Å². The molecule has 1 aliphatic rings. The zero-order chi connectivity index (χ0) is 15.6. The summed E-state index contributed by atoms with van der Waals surface area (Å²) in [5.74, 6) is 1.25. The van der Waals surface area contributed by atoms with Gasteiger partial charge < -0.3 is 9.64 Å². The second kappa shape index (κ2) is 9.46. The molecule has 1 aromatic rings. The van der Waals surface area contributed by atoms with Gasteiger partial charge in [0.1, 0.15) is 12.4 Å². The van der Waals surface area contributed by atoms with E-state index in [0.717, 1.165) is 51.3 Å². The molecule has 1 fully saturated rings. The summed E-state index contributed by atoms with van der Waals surface area (Å²) in [6.07, 6.45) is 4.07. The Hall–Kier alpha value is -1.55. The average Bonchev–Trinajstić information content (AvgIpc) is 2.56. The second-order valence-corrected chi connectivity index (χ2v) is 5.84. The van der Waals surface area contributed by atoms with E-state index in [1.807, 2.05) is 35.2 Å². The summed E-state index contributed by atoms with van der Waals surface area (Å²) in [5, 5.41) is 0. The molecule has 4 nitrogen and oxygen atoms in total. The zero-order valence-electron chi connectivity index (χ0n) is 13.7. The van der Waals surface area contributed by atoms with Crippen LogP contribution in [-0.4, -0.2) is 55.0 Å². The quantitative estimate of drug-likeness (QED) is 0.692. The minimum Gasteiger partial charge on any atom is -0.492 e. The number of hydrogen-bond donors (Lipinski definition) is 0. The number of carbonyl (C=O) groups excluding carboxylic acids is 1. The summed E-state index contributed by atoms with van der Waals surface area (Å²) >= 11 is 0. The van der Waals surface area contributed by atoms with Crippen LogP contribution in [0.1, 0.15) is 32.6 Å². The molecular weight excluding hydrogens is 276 g/mol. The van der Waals surface area contributed by atoms with Gasteiger partial charge in [0.25, 0.3) is 0 Å². The molecule has 1 amide bonds. The first-order valence-corrected chi connectivity index (χ1v) is 8.47. The van der Waals surface area contributed by atoms with E-state index in [0.29, 0.717) is 18.9 Å². The van der Waals surface area contributed by atoms with Gasteiger partial charge in [0.2, 0.25) is 5.91 Å². The van der Waals surface area contributed by atoms with E-state index >= 15 is 0 Å². The number of benzene rings is 1. The zero-order valence-corrected chi connectivity index (χ0v) is 13.7. The van der Waals surface area contributed by atoms with Crippen LogP contribution >= 0.6 is 0 Å². The van der Waals surface area contributed by atoms with Crippen molar-refractivity contribution in [3.8, 4) is 5.75 Å². The molecule has 1 saturated heterocycles. The van der Waals surface area contributed by atoms with Crippen LogP contribution in [0, 0.1) is 0 Å². The van der Waals surface area contributed by atoms with Gasteiger partial charge in [-0.05, 0) is 18.6 Å². The van der Waals surface area contributed by atoms with Crippen LogP contribution in [0.25, 0.3) is 0 Å². The van der Waals surface area contributed by atoms with Gasteiger partial charge in [-0.2, -0.15) is 0 Å². The van der Waals surface area contributed by atoms with Gasteiger partial charge in [0.15, 0.2) is 0 Å². The van der Waals surface area contributed by atoms with E-state index in [1.54, 1.807) is 0 Å². The predicted octanol–water partition coefficient (Wildman–Crippen LogP) is 2.79. The first kappa shape index (κ1) is 16.8. The number of rotatable bonds is 8. The van der Waals surface area contributed by atoms with E-state index in [-0.39, 0.29) is 0 Å². The molecule has 0 aliphatic carbocycles. The van der Waals surface area contributed by atoms with Crippen molar-refractivity contribution < 1.29 is 9.53 Å². The van der Waals surface area contributed by atoms with Crippen molar-refractivity contribution in [2.24, 2.45) is 0 Å². The third-order valence-electron chi connectivity index (χ3n) is 4.14. The highest BCUT2D eigenvalue weighted by Crippen LogP contribution is 2.10. The summed E-state index contributed by atoms with van der Waals surface area (Å²) in [4.78, 5) is 16.5. The predicted molar refractivity (Wildman–Crippen MR) is 89.1 cm³/mol. The van der Waals surface area contributed by atoms with Gasteiger partial charge in [-0.15, -0.1) is 0 Å². The van der Waals surface area contributed by atoms with E-state index < -0.39 is 0 Å². The Morgan fingerprint density at radius 1 is 1.09 bits per heavy atom. The highest BCUT2D eigenvalue weighted by molar-refractivity contribution is 5.76. The SMILES string of the molecule is CCCCCC(=O)N1CCN(CCOc2ccccc2)CC1. The molecule has 0 unspecified atom stereocenters. The Morgan fingerprint density at radius 2 is 1.82 bits per heavy atom. The van der Waals surface area contributed by atoms with Crippen LogP contribution in [0.4, 0.5) is 0 Å². The van der Waals surface area contributed by atoms with Gasteiger partial charge >= 0.3 is 0 Å². The smallest absolute Gasteiger partial charge is 0.222 e. The van der Waals surface area contributed by atoms with Crippen LogP contribution < -0.4 is 4.74 Å². The second-order valence-electron chi connectivity index (χ2n) is 5.84. The van der Waals surface area contributed by atoms with E-state index in [1.165, 1.54) is 6.42 Å². The number of para-hydroxylation sites is 1. The average molecular weight is 304 g/mol. The fraction of sp³-hybridized carbons (Fsp3) is 0.611. The highest BCUT2D eigenvalue weighted by Gasteiger charge is 2.20. The largest absolute Gasteiger partial charge is 0.492 e. The van der Waals surface area contributed by atoms with Crippen molar-refractivity contribution in [2.75, 3.05) is 39.3 Å². The minimum atomic E-state index is 0.327. The summed E-state index contributed by atoms with van der Waals surface area (Å²) < 4.78 is 5.73. The number of amides is 1. The van der Waals surface area contributed by atoms with E-state index in [2.05, 4.69) is 11.8 Å². The summed E-state index contributed by atoms with van der Waals surface area (Å²) in [6, 6.07) is 9.92. The lowest BCUT2D eigenvalue weighted by atomic mass is 10.2. The van der Waals surface area contributed by atoms with Gasteiger partial charge in [-0.25, -0.2) is 0 Å². The molecule has 0 aromatic heterocycles. The summed E-state index contributed by atoms with van der Waals surface area (Å²) in [7, 11) is 0. The van der Waals surface area contributed by atoms with E-state index in [4.69, 9.17) is 4.74 Å². The van der Waals surface area contributed by atoms with Gasteiger partial charge in [0.05, 0.1) is 0 Å². The number of hydrogen-bond acceptors (Lipinski definition) is 3. The number of unbranched alkanes of at least 4 members (excludes halogenated alkanes) is 2. The third kappa shape index (κ3) is 5.68. The molecule has 2 rings (SSSR count). The normalized spacial score (nSPS) is 15.8. The third-order valence-corrected chi connectivity index (χ3v) is 4.14. The van der Waals surface area contributed by atoms with E-state index in [9.17, 15) is 4.79 Å². The lowest BCUT2D eigenvalue weighted by Crippen LogP contribution is -2.49. The molecule has 0 spiro atoms. The molecular formula is C18H28N2O2. The molecule has 22 heavy (non-hydrogen) atoms. The van der Waals surface area contributed by atoms with Gasteiger partial charge in [-0.3, -0.25) is 9.69 Å². The Morgan fingerprint density at radius 3 is 2.50 bits per heavy atom. The molecule has 4 heteroatoms. The molecule has 1 heterocycles. The maximum absolute atomic E-state index is 12.1. The molecule has 1 aliphatic heterocycles. The topological polar surface area (TPSA) is 32.8 Å². The Labute approximate surface area is 134 Å². The van der Waals surface area contributed by atoms with Crippen molar-refractivity contribution in [2.45, 2.75) is 32.6 Å². The first-order valence-electron chi connectivity index (χ1n) is 8.47. The molecule has 0 bridgehead atoms. The summed E-state index contributed by atoms with van der Waals surface area (Å²) in [6.45, 7) is 7.42.